The quantitative estimate of drug-likeness (QED) is 0.927. The van der Waals surface area contributed by atoms with Gasteiger partial charge in [0.25, 0.3) is 0 Å². The van der Waals surface area contributed by atoms with Crippen LogP contribution in [0, 0.1) is 0 Å². The van der Waals surface area contributed by atoms with Crippen LogP contribution in [0.1, 0.15) is 28.9 Å². The molecule has 0 amide bonds. The topological polar surface area (TPSA) is 72.2 Å². The Morgan fingerprint density at radius 1 is 1.25 bits per heavy atom. The molecule has 1 N–H and O–H groups in total. The molecular weight excluding hydrogens is 256 g/mol. The molecule has 1 aliphatic carbocycles. The van der Waals surface area contributed by atoms with Gasteiger partial charge in [-0.05, 0) is 12.8 Å². The lowest BCUT2D eigenvalue weighted by Gasteiger charge is -2.12. The van der Waals surface area contributed by atoms with Gasteiger partial charge in [-0.3, -0.25) is 14.3 Å². The average Bonchev–Trinajstić information content (AvgIpc) is 2.79. The van der Waals surface area contributed by atoms with Crippen molar-refractivity contribution in [3.05, 3.63) is 41.6 Å². The number of aliphatic carboxylic acids is 1. The third-order valence-corrected chi connectivity index (χ3v) is 3.49. The summed E-state index contributed by atoms with van der Waals surface area (Å²) in [6, 6.07) is 9.42. The van der Waals surface area contributed by atoms with Crippen molar-refractivity contribution < 1.29 is 14.7 Å². The van der Waals surface area contributed by atoms with Gasteiger partial charge in [-0.25, -0.2) is 0 Å². The van der Waals surface area contributed by atoms with Gasteiger partial charge in [0.2, 0.25) is 0 Å². The van der Waals surface area contributed by atoms with Gasteiger partial charge in [-0.15, -0.1) is 0 Å². The van der Waals surface area contributed by atoms with Gasteiger partial charge < -0.3 is 5.11 Å². The van der Waals surface area contributed by atoms with E-state index in [0.717, 1.165) is 17.7 Å². The summed E-state index contributed by atoms with van der Waals surface area (Å²) in [4.78, 5) is 23.1. The van der Waals surface area contributed by atoms with Gasteiger partial charge >= 0.3 is 5.97 Å². The van der Waals surface area contributed by atoms with E-state index in [-0.39, 0.29) is 12.3 Å². The largest absolute Gasteiger partial charge is 0.480 e. The van der Waals surface area contributed by atoms with Crippen molar-refractivity contribution in [2.45, 2.75) is 25.8 Å². The van der Waals surface area contributed by atoms with E-state index in [2.05, 4.69) is 5.10 Å². The van der Waals surface area contributed by atoms with Crippen molar-refractivity contribution >= 4 is 11.8 Å². The Morgan fingerprint density at radius 2 is 2.00 bits per heavy atom. The van der Waals surface area contributed by atoms with E-state index < -0.39 is 5.97 Å². The first-order chi connectivity index (χ1) is 9.66. The lowest BCUT2D eigenvalue weighted by Crippen LogP contribution is -2.17. The molecule has 0 unspecified atom stereocenters. The van der Waals surface area contributed by atoms with Crippen molar-refractivity contribution in [2.24, 2.45) is 0 Å². The number of carbonyl (C=O) groups is 2. The van der Waals surface area contributed by atoms with Gasteiger partial charge in [-0.2, -0.15) is 5.10 Å². The van der Waals surface area contributed by atoms with Crippen LogP contribution in [-0.4, -0.2) is 26.6 Å². The normalized spacial score (nSPS) is 14.1. The second-order valence-corrected chi connectivity index (χ2v) is 4.86. The summed E-state index contributed by atoms with van der Waals surface area (Å²) in [5.41, 5.74) is 2.81. The molecule has 102 valence electrons. The Kier molecular flexibility index (Phi) is 3.10. The van der Waals surface area contributed by atoms with Crippen LogP contribution in [0.2, 0.25) is 0 Å². The Hall–Kier alpha value is -2.43. The van der Waals surface area contributed by atoms with Crippen LogP contribution >= 0.6 is 0 Å². The van der Waals surface area contributed by atoms with Crippen molar-refractivity contribution in [3.63, 3.8) is 0 Å². The molecule has 0 aliphatic heterocycles. The van der Waals surface area contributed by atoms with E-state index in [1.54, 1.807) is 0 Å². The Balaban J connectivity index is 2.17. The molecule has 1 aliphatic rings. The molecule has 0 atom stereocenters. The van der Waals surface area contributed by atoms with Crippen molar-refractivity contribution in [2.75, 3.05) is 0 Å². The smallest absolute Gasteiger partial charge is 0.325 e. The minimum Gasteiger partial charge on any atom is -0.480 e. The minimum absolute atomic E-state index is 0.0572. The zero-order valence-corrected chi connectivity index (χ0v) is 10.9. The molecule has 0 fully saturated rings. The van der Waals surface area contributed by atoms with Crippen LogP contribution in [0.3, 0.4) is 0 Å². The van der Waals surface area contributed by atoms with Crippen LogP contribution in [0.5, 0.6) is 0 Å². The minimum atomic E-state index is -0.951. The molecular formula is C15H14N2O3. The molecule has 3 rings (SSSR count). The SMILES string of the molecule is O=C(O)Cn1nc(-c2ccccc2)c2c1CCCC2=O. The van der Waals surface area contributed by atoms with E-state index in [0.29, 0.717) is 24.1 Å². The Morgan fingerprint density at radius 3 is 2.70 bits per heavy atom. The fraction of sp³-hybridized carbons (Fsp3) is 0.267. The maximum atomic E-state index is 12.2. The monoisotopic (exact) mass is 270 g/mol. The Labute approximate surface area is 115 Å². The zero-order valence-electron chi connectivity index (χ0n) is 10.9. The molecule has 1 aromatic carbocycles. The number of fused-ring (bicyclic) bond motifs is 1. The summed E-state index contributed by atoms with van der Waals surface area (Å²) in [7, 11) is 0. The lowest BCUT2D eigenvalue weighted by atomic mass is 9.92. The molecule has 2 aromatic rings. The maximum Gasteiger partial charge on any atom is 0.325 e. The second-order valence-electron chi connectivity index (χ2n) is 4.86. The molecule has 0 saturated carbocycles. The van der Waals surface area contributed by atoms with E-state index in [4.69, 9.17) is 5.11 Å². The summed E-state index contributed by atoms with van der Waals surface area (Å²) in [6.07, 6.45) is 1.96. The molecule has 1 heterocycles. The van der Waals surface area contributed by atoms with Crippen LogP contribution in [0.15, 0.2) is 30.3 Å². The van der Waals surface area contributed by atoms with E-state index >= 15 is 0 Å². The third-order valence-electron chi connectivity index (χ3n) is 3.49. The first kappa shape index (κ1) is 12.6. The van der Waals surface area contributed by atoms with Crippen LogP contribution in [0.4, 0.5) is 0 Å². The number of carbonyl (C=O) groups excluding carboxylic acids is 1. The number of nitrogens with zero attached hydrogens (tertiary/aromatic N) is 2. The van der Waals surface area contributed by atoms with Crippen molar-refractivity contribution in [1.29, 1.82) is 0 Å². The zero-order chi connectivity index (χ0) is 14.1. The molecule has 5 heteroatoms. The number of ketones is 1. The number of carboxylic acid groups (broad SMARTS) is 1. The highest BCUT2D eigenvalue weighted by molar-refractivity contribution is 6.03. The molecule has 0 spiro atoms. The number of hydrogen-bond donors (Lipinski definition) is 1. The molecule has 1 aromatic heterocycles. The molecule has 0 bridgehead atoms. The predicted molar refractivity (Wildman–Crippen MR) is 72.6 cm³/mol. The average molecular weight is 270 g/mol. The summed E-state index contributed by atoms with van der Waals surface area (Å²) >= 11 is 0. The summed E-state index contributed by atoms with van der Waals surface area (Å²) in [5.74, 6) is -0.894. The molecule has 0 saturated heterocycles. The number of benzene rings is 1. The van der Waals surface area contributed by atoms with Gasteiger partial charge in [0.05, 0.1) is 11.3 Å². The van der Waals surface area contributed by atoms with Gasteiger partial charge in [-0.1, -0.05) is 30.3 Å². The number of Topliss-reactive ketones (excluding diaryl/α,β-unsaturated/α-hetero) is 1. The van der Waals surface area contributed by atoms with Gasteiger partial charge in [0.1, 0.15) is 12.2 Å². The summed E-state index contributed by atoms with van der Waals surface area (Å²) in [5, 5.41) is 13.3. The molecule has 20 heavy (non-hydrogen) atoms. The fourth-order valence-electron chi connectivity index (χ4n) is 2.64. The molecule has 0 radical (unpaired) electrons. The number of aromatic nitrogens is 2. The number of carboxylic acids is 1. The first-order valence-electron chi connectivity index (χ1n) is 6.57. The second kappa shape index (κ2) is 4.92. The summed E-state index contributed by atoms with van der Waals surface area (Å²) in [6.45, 7) is -0.206. The predicted octanol–water partition coefficient (Wildman–Crippen LogP) is 2.15. The van der Waals surface area contributed by atoms with Crippen LogP contribution < -0.4 is 0 Å². The highest BCUT2D eigenvalue weighted by Crippen LogP contribution is 2.31. The van der Waals surface area contributed by atoms with E-state index in [1.165, 1.54) is 4.68 Å². The highest BCUT2D eigenvalue weighted by Gasteiger charge is 2.28. The van der Waals surface area contributed by atoms with Crippen LogP contribution in [-0.2, 0) is 17.8 Å². The lowest BCUT2D eigenvalue weighted by molar-refractivity contribution is -0.137. The number of hydrogen-bond acceptors (Lipinski definition) is 3. The molecule has 5 nitrogen and oxygen atoms in total. The van der Waals surface area contributed by atoms with E-state index in [9.17, 15) is 9.59 Å². The first-order valence-corrected chi connectivity index (χ1v) is 6.57. The van der Waals surface area contributed by atoms with Gasteiger partial charge in [0.15, 0.2) is 5.78 Å². The van der Waals surface area contributed by atoms with E-state index in [1.807, 2.05) is 30.3 Å². The van der Waals surface area contributed by atoms with Gasteiger partial charge in [0, 0.05) is 12.0 Å². The summed E-state index contributed by atoms with van der Waals surface area (Å²) < 4.78 is 1.46. The van der Waals surface area contributed by atoms with Crippen molar-refractivity contribution in [3.8, 4) is 11.3 Å². The standard InChI is InChI=1S/C15H14N2O3/c18-12-8-4-7-11-14(12)15(10-5-2-1-3-6-10)16-17(11)9-13(19)20/h1-3,5-6H,4,7-9H2,(H,19,20). The maximum absolute atomic E-state index is 12.2. The third kappa shape index (κ3) is 2.11. The van der Waals surface area contributed by atoms with Crippen LogP contribution in [0.25, 0.3) is 11.3 Å². The van der Waals surface area contributed by atoms with Crippen molar-refractivity contribution in [1.82, 2.24) is 9.78 Å². The fourth-order valence-corrected chi connectivity index (χ4v) is 2.64. The highest BCUT2D eigenvalue weighted by atomic mass is 16.4. The Bertz CT molecular complexity index is 674. The number of rotatable bonds is 3.